The van der Waals surface area contributed by atoms with E-state index in [1.54, 1.807) is 13.0 Å². The first-order valence-electron chi connectivity index (χ1n) is 4.79. The van der Waals surface area contributed by atoms with E-state index in [4.69, 9.17) is 0 Å². The molecule has 0 spiro atoms. The van der Waals surface area contributed by atoms with Gasteiger partial charge in [0.05, 0.1) is 0 Å². The maximum atomic E-state index is 11.7. The molecule has 1 aliphatic heterocycles. The summed E-state index contributed by atoms with van der Waals surface area (Å²) in [5.41, 5.74) is -0.567. The fourth-order valence-corrected chi connectivity index (χ4v) is 1.73. The molecule has 5 nitrogen and oxygen atoms in total. The van der Waals surface area contributed by atoms with Crippen molar-refractivity contribution in [3.63, 3.8) is 0 Å². The number of urea groups is 1. The highest BCUT2D eigenvalue weighted by Gasteiger charge is 2.48. The Morgan fingerprint density at radius 2 is 1.73 bits per heavy atom. The molecule has 0 aromatic heterocycles. The molecule has 1 fully saturated rings. The van der Waals surface area contributed by atoms with Crippen LogP contribution in [0.25, 0.3) is 0 Å². The first-order chi connectivity index (χ1) is 6.96. The Morgan fingerprint density at radius 1 is 1.27 bits per heavy atom. The Morgan fingerprint density at radius 3 is 2.07 bits per heavy atom. The van der Waals surface area contributed by atoms with E-state index in [0.717, 1.165) is 0 Å². The highest BCUT2D eigenvalue weighted by Crippen LogP contribution is 2.31. The van der Waals surface area contributed by atoms with E-state index in [1.165, 1.54) is 6.92 Å². The highest BCUT2D eigenvalue weighted by molar-refractivity contribution is 6.20. The van der Waals surface area contributed by atoms with E-state index < -0.39 is 23.3 Å². The molecule has 4 amide bonds. The Hall–Kier alpha value is -1.65. The summed E-state index contributed by atoms with van der Waals surface area (Å²) < 4.78 is 0. The standard InChI is InChI=1S/C10H14N2O3/c1-4-6(5-2)10(3)7(13)11-9(15)12-8(10)14/h4H,5H2,1-3H3,(H2,11,12,13,14,15)/b6-4-. The SMILES string of the molecule is C/C=C(/CC)C1(C)C(=O)NC(=O)NC1=O. The van der Waals surface area contributed by atoms with Crippen molar-refractivity contribution in [1.29, 1.82) is 0 Å². The van der Waals surface area contributed by atoms with Gasteiger partial charge in [0.15, 0.2) is 0 Å². The molecular weight excluding hydrogens is 196 g/mol. The summed E-state index contributed by atoms with van der Waals surface area (Å²) in [7, 11) is 0. The third kappa shape index (κ3) is 1.65. The summed E-state index contributed by atoms with van der Waals surface area (Å²) in [4.78, 5) is 34.2. The number of allylic oxidation sites excluding steroid dienone is 1. The average Bonchev–Trinajstić information content (AvgIpc) is 2.16. The van der Waals surface area contributed by atoms with Gasteiger partial charge in [-0.25, -0.2) is 4.79 Å². The van der Waals surface area contributed by atoms with Gasteiger partial charge in [0.1, 0.15) is 5.41 Å². The Labute approximate surface area is 87.9 Å². The van der Waals surface area contributed by atoms with Crippen LogP contribution in [0, 0.1) is 5.41 Å². The van der Waals surface area contributed by atoms with Crippen LogP contribution >= 0.6 is 0 Å². The molecule has 15 heavy (non-hydrogen) atoms. The fraction of sp³-hybridized carbons (Fsp3) is 0.500. The minimum absolute atomic E-state index is 0.564. The van der Waals surface area contributed by atoms with Crippen molar-refractivity contribution in [2.45, 2.75) is 27.2 Å². The number of nitrogens with one attached hydrogen (secondary N) is 2. The van der Waals surface area contributed by atoms with E-state index in [9.17, 15) is 14.4 Å². The van der Waals surface area contributed by atoms with E-state index in [2.05, 4.69) is 10.6 Å². The van der Waals surface area contributed by atoms with E-state index in [1.807, 2.05) is 6.92 Å². The average molecular weight is 210 g/mol. The lowest BCUT2D eigenvalue weighted by Crippen LogP contribution is -2.61. The molecule has 82 valence electrons. The third-order valence-electron chi connectivity index (χ3n) is 2.73. The van der Waals surface area contributed by atoms with Crippen molar-refractivity contribution in [1.82, 2.24) is 10.6 Å². The monoisotopic (exact) mass is 210 g/mol. The lowest BCUT2D eigenvalue weighted by molar-refractivity contribution is -0.140. The largest absolute Gasteiger partial charge is 0.328 e. The maximum Gasteiger partial charge on any atom is 0.328 e. The Kier molecular flexibility index (Phi) is 2.93. The van der Waals surface area contributed by atoms with Gasteiger partial charge in [-0.15, -0.1) is 0 Å². The molecule has 1 rings (SSSR count). The lowest BCUT2D eigenvalue weighted by Gasteiger charge is -2.32. The number of barbiturate groups is 1. The smallest absolute Gasteiger partial charge is 0.277 e. The Balaban J connectivity index is 3.16. The normalized spacial score (nSPS) is 21.0. The lowest BCUT2D eigenvalue weighted by atomic mass is 9.77. The topological polar surface area (TPSA) is 75.3 Å². The predicted molar refractivity (Wildman–Crippen MR) is 53.8 cm³/mol. The molecule has 0 aromatic carbocycles. The summed E-state index contributed by atoms with van der Waals surface area (Å²) >= 11 is 0. The number of rotatable bonds is 2. The van der Waals surface area contributed by atoms with E-state index >= 15 is 0 Å². The van der Waals surface area contributed by atoms with Crippen molar-refractivity contribution < 1.29 is 14.4 Å². The molecule has 0 unspecified atom stereocenters. The van der Waals surface area contributed by atoms with Crippen LogP contribution in [0.4, 0.5) is 4.79 Å². The van der Waals surface area contributed by atoms with Crippen LogP contribution in [-0.2, 0) is 9.59 Å². The van der Waals surface area contributed by atoms with Crippen molar-refractivity contribution in [3.8, 4) is 0 Å². The molecule has 0 aliphatic carbocycles. The molecule has 0 atom stereocenters. The van der Waals surface area contributed by atoms with Crippen molar-refractivity contribution in [2.24, 2.45) is 5.41 Å². The molecule has 2 N–H and O–H groups in total. The number of hydrogen-bond donors (Lipinski definition) is 2. The molecule has 0 bridgehead atoms. The van der Waals surface area contributed by atoms with Crippen LogP contribution in [-0.4, -0.2) is 17.8 Å². The third-order valence-corrected chi connectivity index (χ3v) is 2.73. The second-order valence-electron chi connectivity index (χ2n) is 3.53. The zero-order valence-electron chi connectivity index (χ0n) is 9.01. The van der Waals surface area contributed by atoms with Gasteiger partial charge >= 0.3 is 6.03 Å². The summed E-state index contributed by atoms with van der Waals surface area (Å²) in [5.74, 6) is -1.13. The number of amides is 4. The molecular formula is C10H14N2O3. The number of imide groups is 2. The minimum atomic E-state index is -1.27. The zero-order chi connectivity index (χ0) is 11.6. The second-order valence-corrected chi connectivity index (χ2v) is 3.53. The van der Waals surface area contributed by atoms with Gasteiger partial charge in [-0.1, -0.05) is 18.6 Å². The molecule has 1 aliphatic rings. The quantitative estimate of drug-likeness (QED) is 0.520. The summed E-state index contributed by atoms with van der Waals surface area (Å²) in [6, 6.07) is -0.756. The summed E-state index contributed by atoms with van der Waals surface area (Å²) in [5, 5.41) is 4.20. The van der Waals surface area contributed by atoms with Gasteiger partial charge in [-0.2, -0.15) is 0 Å². The molecule has 5 heteroatoms. The number of carbonyl (C=O) groups excluding carboxylic acids is 3. The van der Waals surface area contributed by atoms with Gasteiger partial charge in [-0.3, -0.25) is 20.2 Å². The van der Waals surface area contributed by atoms with Crippen molar-refractivity contribution >= 4 is 17.8 Å². The maximum absolute atomic E-state index is 11.7. The molecule has 1 heterocycles. The van der Waals surface area contributed by atoms with Crippen LogP contribution in [0.1, 0.15) is 27.2 Å². The predicted octanol–water partition coefficient (Wildman–Crippen LogP) is 0.715. The van der Waals surface area contributed by atoms with E-state index in [0.29, 0.717) is 12.0 Å². The molecule has 1 saturated heterocycles. The number of hydrogen-bond acceptors (Lipinski definition) is 3. The van der Waals surface area contributed by atoms with Crippen LogP contribution in [0.15, 0.2) is 11.6 Å². The van der Waals surface area contributed by atoms with Gasteiger partial charge in [0.2, 0.25) is 11.8 Å². The van der Waals surface area contributed by atoms with Crippen LogP contribution in [0.5, 0.6) is 0 Å². The zero-order valence-corrected chi connectivity index (χ0v) is 9.01. The minimum Gasteiger partial charge on any atom is -0.277 e. The molecule has 0 aromatic rings. The fourth-order valence-electron chi connectivity index (χ4n) is 1.73. The van der Waals surface area contributed by atoms with E-state index in [-0.39, 0.29) is 0 Å². The first kappa shape index (κ1) is 11.4. The molecule has 0 saturated carbocycles. The second kappa shape index (κ2) is 3.84. The van der Waals surface area contributed by atoms with Gasteiger partial charge in [-0.05, 0) is 20.3 Å². The Bertz CT molecular complexity index is 338. The van der Waals surface area contributed by atoms with Gasteiger partial charge in [0.25, 0.3) is 0 Å². The van der Waals surface area contributed by atoms with Crippen molar-refractivity contribution in [3.05, 3.63) is 11.6 Å². The van der Waals surface area contributed by atoms with Crippen LogP contribution in [0.3, 0.4) is 0 Å². The van der Waals surface area contributed by atoms with Crippen molar-refractivity contribution in [2.75, 3.05) is 0 Å². The summed E-state index contributed by atoms with van der Waals surface area (Å²) in [6.45, 7) is 5.14. The summed E-state index contributed by atoms with van der Waals surface area (Å²) in [6.07, 6.45) is 2.32. The number of carbonyl (C=O) groups is 3. The van der Waals surface area contributed by atoms with Gasteiger partial charge < -0.3 is 0 Å². The first-order valence-corrected chi connectivity index (χ1v) is 4.79. The highest BCUT2D eigenvalue weighted by atomic mass is 16.2. The van der Waals surface area contributed by atoms with Crippen LogP contribution in [0.2, 0.25) is 0 Å². The van der Waals surface area contributed by atoms with Crippen LogP contribution < -0.4 is 10.6 Å². The molecule has 0 radical (unpaired) electrons. The van der Waals surface area contributed by atoms with Gasteiger partial charge in [0, 0.05) is 0 Å².